The van der Waals surface area contributed by atoms with Crippen molar-refractivity contribution >= 4 is 0 Å². The molecule has 0 unspecified atom stereocenters. The summed E-state index contributed by atoms with van der Waals surface area (Å²) in [4.78, 5) is 13.9. The minimum absolute atomic E-state index is 0.0552. The van der Waals surface area contributed by atoms with E-state index >= 15 is 0 Å². The first-order valence-corrected chi connectivity index (χ1v) is 3.70. The lowest BCUT2D eigenvalue weighted by Gasteiger charge is -2.11. The van der Waals surface area contributed by atoms with Crippen LogP contribution in [0.15, 0.2) is 0 Å². The number of nitrogens with zero attached hydrogens (tertiary/aromatic N) is 1. The highest BCUT2D eigenvalue weighted by molar-refractivity contribution is 4.78. The van der Waals surface area contributed by atoms with Crippen LogP contribution in [0.4, 0.5) is 0 Å². The van der Waals surface area contributed by atoms with Gasteiger partial charge in [-0.3, -0.25) is 0 Å². The summed E-state index contributed by atoms with van der Waals surface area (Å²) >= 11 is 0. The van der Waals surface area contributed by atoms with E-state index in [1.165, 1.54) is 0 Å². The van der Waals surface area contributed by atoms with E-state index in [-0.39, 0.29) is 12.7 Å². The molecule has 6 heteroatoms. The maximum atomic E-state index is 9.79. The Morgan fingerprint density at radius 1 is 1.83 bits per heavy atom. The molecule has 0 aromatic carbocycles. The van der Waals surface area contributed by atoms with Gasteiger partial charge in [0.25, 0.3) is 5.09 Å². The van der Waals surface area contributed by atoms with Crippen LogP contribution in [-0.2, 0) is 9.57 Å². The molecule has 70 valence electrons. The summed E-state index contributed by atoms with van der Waals surface area (Å²) in [5.74, 6) is 0. The number of aliphatic hydroxyl groups excluding tert-OH is 1. The zero-order valence-corrected chi connectivity index (χ0v) is 6.67. The van der Waals surface area contributed by atoms with Crippen LogP contribution in [0.25, 0.3) is 0 Å². The summed E-state index contributed by atoms with van der Waals surface area (Å²) in [6, 6.07) is 0. The number of hydrogen-bond donors (Lipinski definition) is 1. The molecule has 1 saturated heterocycles. The van der Waals surface area contributed by atoms with E-state index in [0.717, 1.165) is 0 Å². The predicted molar refractivity (Wildman–Crippen MR) is 37.9 cm³/mol. The Kier molecular flexibility index (Phi) is 2.83. The third kappa shape index (κ3) is 2.31. The van der Waals surface area contributed by atoms with Crippen LogP contribution in [0.3, 0.4) is 0 Å². The van der Waals surface area contributed by atoms with Crippen LogP contribution in [-0.4, -0.2) is 35.1 Å². The van der Waals surface area contributed by atoms with E-state index in [4.69, 9.17) is 4.74 Å². The van der Waals surface area contributed by atoms with Crippen molar-refractivity contribution in [3.63, 3.8) is 0 Å². The maximum Gasteiger partial charge on any atom is 0.294 e. The van der Waals surface area contributed by atoms with Gasteiger partial charge in [-0.15, -0.1) is 10.1 Å². The standard InChI is InChI=1S/C6H11NO5/c1-4-2-5(8)6(12-4)3-11-7(9)10/h4-6,8H,2-3H2,1H3/t4-,5+,6+/m0/s1. The molecule has 0 spiro atoms. The fraction of sp³-hybridized carbons (Fsp3) is 1.00. The number of hydrogen-bond acceptors (Lipinski definition) is 5. The molecule has 0 aromatic heterocycles. The van der Waals surface area contributed by atoms with Crippen LogP contribution >= 0.6 is 0 Å². The molecular weight excluding hydrogens is 166 g/mol. The highest BCUT2D eigenvalue weighted by Crippen LogP contribution is 2.19. The SMILES string of the molecule is C[C@H]1C[C@@H](O)[C@@H](CO[N+](=O)[O-])O1. The van der Waals surface area contributed by atoms with Crippen LogP contribution in [0.5, 0.6) is 0 Å². The van der Waals surface area contributed by atoms with Crippen molar-refractivity contribution in [2.24, 2.45) is 0 Å². The van der Waals surface area contributed by atoms with Gasteiger partial charge in [0.1, 0.15) is 12.7 Å². The Labute approximate surface area is 69.2 Å². The van der Waals surface area contributed by atoms with Crippen molar-refractivity contribution in [1.29, 1.82) is 0 Å². The summed E-state index contributed by atoms with van der Waals surface area (Å²) in [6.45, 7) is 1.61. The van der Waals surface area contributed by atoms with Crippen LogP contribution in [0, 0.1) is 10.1 Å². The van der Waals surface area contributed by atoms with Crippen LogP contribution in [0.2, 0.25) is 0 Å². The third-order valence-electron chi connectivity index (χ3n) is 1.75. The molecule has 0 amide bonds. The summed E-state index contributed by atoms with van der Waals surface area (Å²) in [5.41, 5.74) is 0. The van der Waals surface area contributed by atoms with Gasteiger partial charge in [0.15, 0.2) is 0 Å². The second kappa shape index (κ2) is 3.68. The van der Waals surface area contributed by atoms with Gasteiger partial charge >= 0.3 is 0 Å². The molecule has 1 aliphatic rings. The Morgan fingerprint density at radius 2 is 2.50 bits per heavy atom. The lowest BCUT2D eigenvalue weighted by molar-refractivity contribution is -0.759. The Hall–Kier alpha value is -0.880. The van der Waals surface area contributed by atoms with E-state index < -0.39 is 17.3 Å². The van der Waals surface area contributed by atoms with Gasteiger partial charge in [-0.05, 0) is 6.92 Å². The van der Waals surface area contributed by atoms with Crippen molar-refractivity contribution in [2.75, 3.05) is 6.61 Å². The van der Waals surface area contributed by atoms with Gasteiger partial charge in [-0.2, -0.15) is 0 Å². The van der Waals surface area contributed by atoms with Crippen molar-refractivity contribution < 1.29 is 19.8 Å². The normalized spacial score (nSPS) is 35.0. The van der Waals surface area contributed by atoms with Gasteiger partial charge in [0.05, 0.1) is 12.2 Å². The zero-order chi connectivity index (χ0) is 9.14. The molecule has 1 fully saturated rings. The Bertz CT molecular complexity index is 173. The average molecular weight is 177 g/mol. The van der Waals surface area contributed by atoms with Gasteiger partial charge in [-0.1, -0.05) is 0 Å². The van der Waals surface area contributed by atoms with E-state index in [0.29, 0.717) is 6.42 Å². The maximum absolute atomic E-state index is 9.79. The van der Waals surface area contributed by atoms with E-state index in [1.54, 1.807) is 6.92 Å². The van der Waals surface area contributed by atoms with Crippen LogP contribution < -0.4 is 0 Å². The van der Waals surface area contributed by atoms with Crippen molar-refractivity contribution in [3.05, 3.63) is 10.1 Å². The van der Waals surface area contributed by atoms with Crippen molar-refractivity contribution in [3.8, 4) is 0 Å². The lowest BCUT2D eigenvalue weighted by Crippen LogP contribution is -2.27. The fourth-order valence-corrected chi connectivity index (χ4v) is 1.22. The lowest BCUT2D eigenvalue weighted by atomic mass is 10.1. The second-order valence-corrected chi connectivity index (χ2v) is 2.81. The topological polar surface area (TPSA) is 81.8 Å². The van der Waals surface area contributed by atoms with Crippen molar-refractivity contribution in [2.45, 2.75) is 31.7 Å². The molecule has 3 atom stereocenters. The Morgan fingerprint density at radius 3 is 2.92 bits per heavy atom. The summed E-state index contributed by atoms with van der Waals surface area (Å²) < 4.78 is 5.14. The Balaban J connectivity index is 2.28. The predicted octanol–water partition coefficient (Wildman–Crippen LogP) is -0.267. The largest absolute Gasteiger partial charge is 0.390 e. The first-order chi connectivity index (χ1) is 5.59. The number of rotatable bonds is 3. The molecule has 1 heterocycles. The quantitative estimate of drug-likeness (QED) is 0.474. The number of aliphatic hydroxyl groups is 1. The minimum atomic E-state index is -0.890. The molecule has 0 aromatic rings. The van der Waals surface area contributed by atoms with E-state index in [9.17, 15) is 15.2 Å². The molecule has 0 aliphatic carbocycles. The van der Waals surface area contributed by atoms with E-state index in [1.807, 2.05) is 0 Å². The molecule has 12 heavy (non-hydrogen) atoms. The third-order valence-corrected chi connectivity index (χ3v) is 1.75. The summed E-state index contributed by atoms with van der Waals surface area (Å²) in [5, 5.41) is 18.1. The zero-order valence-electron chi connectivity index (χ0n) is 6.67. The fourth-order valence-electron chi connectivity index (χ4n) is 1.22. The van der Waals surface area contributed by atoms with Gasteiger partial charge in [0, 0.05) is 6.42 Å². The summed E-state index contributed by atoms with van der Waals surface area (Å²) in [7, 11) is 0. The van der Waals surface area contributed by atoms with Gasteiger partial charge in [0.2, 0.25) is 0 Å². The molecule has 1 N–H and O–H groups in total. The van der Waals surface area contributed by atoms with E-state index in [2.05, 4.69) is 4.84 Å². The highest BCUT2D eigenvalue weighted by atomic mass is 17.0. The molecule has 1 rings (SSSR count). The molecule has 0 saturated carbocycles. The average Bonchev–Trinajstić information content (AvgIpc) is 2.26. The highest BCUT2D eigenvalue weighted by Gasteiger charge is 2.31. The molecule has 0 bridgehead atoms. The van der Waals surface area contributed by atoms with Gasteiger partial charge < -0.3 is 14.7 Å². The molecular formula is C6H11NO5. The second-order valence-electron chi connectivity index (χ2n) is 2.81. The minimum Gasteiger partial charge on any atom is -0.390 e. The summed E-state index contributed by atoms with van der Waals surface area (Å²) in [6.07, 6.45) is -0.767. The van der Waals surface area contributed by atoms with Crippen LogP contribution in [0.1, 0.15) is 13.3 Å². The van der Waals surface area contributed by atoms with Gasteiger partial charge in [-0.25, -0.2) is 0 Å². The first kappa shape index (κ1) is 9.21. The molecule has 0 radical (unpaired) electrons. The smallest absolute Gasteiger partial charge is 0.294 e. The first-order valence-electron chi connectivity index (χ1n) is 3.70. The molecule has 6 nitrogen and oxygen atoms in total. The van der Waals surface area contributed by atoms with Crippen molar-refractivity contribution in [1.82, 2.24) is 0 Å². The monoisotopic (exact) mass is 177 g/mol. The molecule has 1 aliphatic heterocycles. The number of ether oxygens (including phenoxy) is 1.